The molecule has 0 amide bonds. The maximum absolute atomic E-state index is 13.3. The number of ether oxygens (including phenoxy) is 2. The van der Waals surface area contributed by atoms with Crippen molar-refractivity contribution in [1.82, 2.24) is 15.0 Å². The average molecular weight is 428 g/mol. The number of nitrogens with one attached hydrogen (secondary N) is 1. The van der Waals surface area contributed by atoms with Crippen molar-refractivity contribution < 1.29 is 27.0 Å². The van der Waals surface area contributed by atoms with Crippen LogP contribution >= 0.6 is 0 Å². The van der Waals surface area contributed by atoms with Crippen molar-refractivity contribution in [2.75, 3.05) is 18.9 Å². The Bertz CT molecular complexity index is 944. The van der Waals surface area contributed by atoms with Gasteiger partial charge in [0.05, 0.1) is 23.9 Å². The van der Waals surface area contributed by atoms with Crippen LogP contribution in [0.5, 0.6) is 0 Å². The van der Waals surface area contributed by atoms with Gasteiger partial charge in [-0.15, -0.1) is 0 Å². The third kappa shape index (κ3) is 5.71. The van der Waals surface area contributed by atoms with Crippen LogP contribution in [0.1, 0.15) is 38.8 Å². The first-order chi connectivity index (χ1) is 14.0. The summed E-state index contributed by atoms with van der Waals surface area (Å²) in [6.45, 7) is 3.75. The van der Waals surface area contributed by atoms with E-state index in [1.54, 1.807) is 0 Å². The molecule has 2 aliphatic rings. The lowest BCUT2D eigenvalue weighted by atomic mass is 9.97. The quantitative estimate of drug-likeness (QED) is 0.692. The zero-order valence-electron chi connectivity index (χ0n) is 16.7. The lowest BCUT2D eigenvalue weighted by Crippen LogP contribution is -2.31. The number of halogens is 4. The monoisotopic (exact) mass is 428 g/mol. The van der Waals surface area contributed by atoms with Crippen molar-refractivity contribution in [3.63, 3.8) is 0 Å². The molecule has 3 N–H and O–H groups in total. The van der Waals surface area contributed by atoms with Crippen LogP contribution < -0.4 is 5.73 Å². The summed E-state index contributed by atoms with van der Waals surface area (Å²) in [5, 5.41) is 0.180. The molecule has 0 bridgehead atoms. The van der Waals surface area contributed by atoms with Crippen LogP contribution in [0.25, 0.3) is 11.0 Å². The van der Waals surface area contributed by atoms with Crippen molar-refractivity contribution in [3.8, 4) is 0 Å². The van der Waals surface area contributed by atoms with Crippen LogP contribution in [0.3, 0.4) is 0 Å². The van der Waals surface area contributed by atoms with Gasteiger partial charge in [-0.3, -0.25) is 0 Å². The lowest BCUT2D eigenvalue weighted by molar-refractivity contribution is -0.140. The summed E-state index contributed by atoms with van der Waals surface area (Å²) in [6.07, 6.45) is 3.84. The molecule has 164 valence electrons. The van der Waals surface area contributed by atoms with Gasteiger partial charge in [0.25, 0.3) is 0 Å². The molecule has 1 aliphatic carbocycles. The molecule has 0 saturated heterocycles. The molecule has 1 unspecified atom stereocenters. The van der Waals surface area contributed by atoms with Gasteiger partial charge in [0.2, 0.25) is 0 Å². The van der Waals surface area contributed by atoms with Gasteiger partial charge in [0.1, 0.15) is 35.8 Å². The number of anilines is 1. The molecule has 10 heteroatoms. The Morgan fingerprint density at radius 3 is 2.70 bits per heavy atom. The largest absolute Gasteiger partial charge is 0.495 e. The fourth-order valence-electron chi connectivity index (χ4n) is 3.07. The van der Waals surface area contributed by atoms with Crippen LogP contribution in [0, 0.1) is 0 Å². The van der Waals surface area contributed by atoms with Gasteiger partial charge in [-0.05, 0) is 31.9 Å². The van der Waals surface area contributed by atoms with Crippen LogP contribution in [0.2, 0.25) is 0 Å². The molecule has 2 aromatic heterocycles. The number of aromatic amines is 1. The zero-order valence-corrected chi connectivity index (χ0v) is 16.7. The maximum Gasteiger partial charge on any atom is 0.431 e. The fraction of sp³-hybridized carbons (Fsp3) is 0.500. The lowest BCUT2D eigenvalue weighted by Gasteiger charge is -2.29. The summed E-state index contributed by atoms with van der Waals surface area (Å²) in [6, 6.07) is 0.894. The number of aromatic nitrogens is 3. The average Bonchev–Trinajstić information content (AvgIpc) is 3.13. The second-order valence-electron chi connectivity index (χ2n) is 7.76. The van der Waals surface area contributed by atoms with Crippen molar-refractivity contribution in [2.45, 2.75) is 51.1 Å². The predicted molar refractivity (Wildman–Crippen MR) is 104 cm³/mol. The van der Waals surface area contributed by atoms with E-state index in [1.165, 1.54) is 19.4 Å². The number of hydrogen-bond acceptors (Lipinski definition) is 5. The number of rotatable bonds is 3. The summed E-state index contributed by atoms with van der Waals surface area (Å²) in [5.74, 6) is 1.13. The number of nitrogens with two attached hydrogens (primary N) is 1. The molecule has 0 saturated carbocycles. The molecule has 0 fully saturated rings. The van der Waals surface area contributed by atoms with Gasteiger partial charge < -0.3 is 20.2 Å². The van der Waals surface area contributed by atoms with Crippen LogP contribution in [-0.4, -0.2) is 39.9 Å². The minimum Gasteiger partial charge on any atom is -0.495 e. The van der Waals surface area contributed by atoms with E-state index in [-0.39, 0.29) is 29.6 Å². The van der Waals surface area contributed by atoms with E-state index in [9.17, 15) is 17.6 Å². The molecular formula is C20H24F4N4O2. The molecule has 0 aromatic carbocycles. The number of alkyl halides is 4. The van der Waals surface area contributed by atoms with Gasteiger partial charge in [-0.2, -0.15) is 13.2 Å². The smallest absolute Gasteiger partial charge is 0.431 e. The van der Waals surface area contributed by atoms with E-state index in [2.05, 4.69) is 27.1 Å². The highest BCUT2D eigenvalue weighted by atomic mass is 19.4. The third-order valence-corrected chi connectivity index (χ3v) is 4.53. The second kappa shape index (κ2) is 8.63. The third-order valence-electron chi connectivity index (χ3n) is 4.53. The first-order valence-electron chi connectivity index (χ1n) is 9.51. The van der Waals surface area contributed by atoms with Gasteiger partial charge in [-0.25, -0.2) is 14.4 Å². The summed E-state index contributed by atoms with van der Waals surface area (Å²) >= 11 is 0. The van der Waals surface area contributed by atoms with Gasteiger partial charge in [-0.1, -0.05) is 12.2 Å². The molecule has 0 spiro atoms. The number of nitrogens with zero attached hydrogens (tertiary/aromatic N) is 2. The Morgan fingerprint density at radius 1 is 1.27 bits per heavy atom. The highest BCUT2D eigenvalue weighted by molar-refractivity contribution is 5.86. The number of nitrogen functional groups attached to an aromatic ring is 1. The Balaban J connectivity index is 0.000000172. The highest BCUT2D eigenvalue weighted by Crippen LogP contribution is 2.31. The van der Waals surface area contributed by atoms with E-state index in [0.717, 1.165) is 37.4 Å². The van der Waals surface area contributed by atoms with Crippen molar-refractivity contribution in [3.05, 3.63) is 41.6 Å². The summed E-state index contributed by atoms with van der Waals surface area (Å²) in [4.78, 5) is 9.33. The SMILES string of the molecule is CC(C)(F)COC1COC2=C(C=CCC2)C1.Nc1ncnc2[nH]c(C(F)(F)F)cc12. The van der Waals surface area contributed by atoms with Gasteiger partial charge >= 0.3 is 6.18 Å². The van der Waals surface area contributed by atoms with E-state index >= 15 is 0 Å². The van der Waals surface area contributed by atoms with E-state index in [4.69, 9.17) is 15.2 Å². The predicted octanol–water partition coefficient (Wildman–Crippen LogP) is 4.70. The highest BCUT2D eigenvalue weighted by Gasteiger charge is 2.33. The van der Waals surface area contributed by atoms with Crippen LogP contribution in [-0.2, 0) is 15.7 Å². The fourth-order valence-corrected chi connectivity index (χ4v) is 3.07. The van der Waals surface area contributed by atoms with Crippen molar-refractivity contribution >= 4 is 16.9 Å². The van der Waals surface area contributed by atoms with Gasteiger partial charge in [0.15, 0.2) is 0 Å². The summed E-state index contributed by atoms with van der Waals surface area (Å²) < 4.78 is 61.2. The van der Waals surface area contributed by atoms with Crippen LogP contribution in [0.4, 0.5) is 23.4 Å². The standard InChI is InChI=1S/C13H19FO2.C7H5F3N4/c1-13(2,14)9-16-11-7-10-5-3-4-6-12(10)15-8-11;8-7(9,10)4-1-3-5(11)12-2-13-6(3)14-4/h3,5,11H,4,6-9H2,1-2H3;1-2H,(H3,11,12,13,14). The minimum atomic E-state index is -4.42. The van der Waals surface area contributed by atoms with Gasteiger partial charge in [0, 0.05) is 12.8 Å². The molecule has 4 rings (SSSR count). The zero-order chi connectivity index (χ0) is 21.9. The number of allylic oxidation sites excluding steroid dienone is 3. The Morgan fingerprint density at radius 2 is 2.03 bits per heavy atom. The first-order valence-corrected chi connectivity index (χ1v) is 9.51. The van der Waals surface area contributed by atoms with Crippen LogP contribution in [0.15, 0.2) is 35.9 Å². The van der Waals surface area contributed by atoms with Crippen molar-refractivity contribution in [2.24, 2.45) is 0 Å². The molecule has 6 nitrogen and oxygen atoms in total. The molecule has 3 heterocycles. The first kappa shape index (κ1) is 22.1. The maximum atomic E-state index is 13.3. The normalized spacial score (nSPS) is 19.2. The Kier molecular flexibility index (Phi) is 6.35. The molecule has 0 radical (unpaired) electrons. The molecular weight excluding hydrogens is 404 g/mol. The van der Waals surface area contributed by atoms with E-state index in [0.29, 0.717) is 6.61 Å². The molecule has 1 atom stereocenters. The molecule has 2 aromatic rings. The molecule has 30 heavy (non-hydrogen) atoms. The van der Waals surface area contributed by atoms with E-state index < -0.39 is 17.5 Å². The number of hydrogen-bond donors (Lipinski definition) is 2. The minimum absolute atomic E-state index is 0.00322. The summed E-state index contributed by atoms with van der Waals surface area (Å²) in [5.41, 5.74) is 4.54. The Labute approximate surface area is 171 Å². The van der Waals surface area contributed by atoms with Crippen molar-refractivity contribution in [1.29, 1.82) is 0 Å². The van der Waals surface area contributed by atoms with E-state index in [1.807, 2.05) is 0 Å². The number of fused-ring (bicyclic) bond motifs is 1. The topological polar surface area (TPSA) is 86.1 Å². The molecule has 1 aliphatic heterocycles. The Hall–Kier alpha value is -2.62. The second-order valence-corrected chi connectivity index (χ2v) is 7.76. The number of H-pyrrole nitrogens is 1. The summed E-state index contributed by atoms with van der Waals surface area (Å²) in [7, 11) is 0.